The molecule has 2 aliphatic heterocycles. The van der Waals surface area contributed by atoms with Gasteiger partial charge in [0.05, 0.1) is 23.9 Å². The van der Waals surface area contributed by atoms with Gasteiger partial charge in [-0.1, -0.05) is 30.0 Å². The van der Waals surface area contributed by atoms with Crippen molar-refractivity contribution in [2.24, 2.45) is 9.98 Å². The van der Waals surface area contributed by atoms with E-state index >= 15 is 0 Å². The molecule has 5 nitrogen and oxygen atoms in total. The average molecular weight is 391 g/mol. The predicted molar refractivity (Wildman–Crippen MR) is 102 cm³/mol. The average Bonchev–Trinajstić information content (AvgIpc) is 3.37. The lowest BCUT2D eigenvalue weighted by Gasteiger charge is -2.27. The Balaban J connectivity index is 1.52. The van der Waals surface area contributed by atoms with Crippen LogP contribution in [0.4, 0.5) is 8.78 Å². The molecule has 1 atom stereocenters. The highest BCUT2D eigenvalue weighted by molar-refractivity contribution is 6.21. The van der Waals surface area contributed by atoms with Crippen molar-refractivity contribution in [3.63, 3.8) is 0 Å². The molecule has 1 fully saturated rings. The Labute approximate surface area is 165 Å². The fourth-order valence-corrected chi connectivity index (χ4v) is 3.88. The minimum Gasteiger partial charge on any atom is -0.394 e. The quantitative estimate of drug-likeness (QED) is 0.799. The highest BCUT2D eigenvalue weighted by Crippen LogP contribution is 2.49. The normalized spacial score (nSPS) is 20.9. The summed E-state index contributed by atoms with van der Waals surface area (Å²) < 4.78 is 29.7. The third kappa shape index (κ3) is 2.68. The van der Waals surface area contributed by atoms with Crippen molar-refractivity contribution >= 4 is 17.6 Å². The smallest absolute Gasteiger partial charge is 0.274 e. The Hall–Kier alpha value is -3.37. The summed E-state index contributed by atoms with van der Waals surface area (Å²) in [5.41, 5.74) is -0.159. The largest absolute Gasteiger partial charge is 0.394 e. The zero-order chi connectivity index (χ0) is 20.2. The van der Waals surface area contributed by atoms with Gasteiger partial charge < -0.3 is 10.0 Å². The van der Waals surface area contributed by atoms with Crippen LogP contribution < -0.4 is 0 Å². The highest BCUT2D eigenvalue weighted by Gasteiger charge is 2.63. The minimum absolute atomic E-state index is 0.0441. The predicted octanol–water partition coefficient (Wildman–Crippen LogP) is 2.26. The van der Waals surface area contributed by atoms with Crippen molar-refractivity contribution in [2.75, 3.05) is 6.61 Å². The second kappa shape index (κ2) is 6.33. The van der Waals surface area contributed by atoms with Crippen LogP contribution in [-0.2, 0) is 4.79 Å². The number of aliphatic hydroxyl groups excluding tert-OH is 1. The zero-order valence-corrected chi connectivity index (χ0v) is 15.2. The van der Waals surface area contributed by atoms with Gasteiger partial charge in [-0.15, -0.1) is 0 Å². The molecule has 1 saturated carbocycles. The molecular weight excluding hydrogens is 376 g/mol. The van der Waals surface area contributed by atoms with Gasteiger partial charge in [-0.05, 0) is 37.1 Å². The third-order valence-electron chi connectivity index (χ3n) is 5.44. The van der Waals surface area contributed by atoms with Gasteiger partial charge in [-0.25, -0.2) is 13.8 Å². The first-order valence-electron chi connectivity index (χ1n) is 9.22. The maximum absolute atomic E-state index is 14.9. The Morgan fingerprint density at radius 3 is 2.34 bits per heavy atom. The molecule has 2 heterocycles. The topological polar surface area (TPSA) is 65.3 Å². The number of hydrogen-bond acceptors (Lipinski definition) is 4. The number of amides is 1. The molecule has 2 aromatic carbocycles. The van der Waals surface area contributed by atoms with Gasteiger partial charge in [-0.3, -0.25) is 4.79 Å². The molecule has 1 unspecified atom stereocenters. The number of carbonyl (C=O) groups excluding carboxylic acids is 1. The van der Waals surface area contributed by atoms with Crippen molar-refractivity contribution in [2.45, 2.75) is 24.4 Å². The van der Waals surface area contributed by atoms with Gasteiger partial charge in [0.2, 0.25) is 5.96 Å². The van der Waals surface area contributed by atoms with Crippen LogP contribution in [0.1, 0.15) is 29.5 Å². The number of halogens is 2. The van der Waals surface area contributed by atoms with Crippen LogP contribution in [0.15, 0.2) is 52.4 Å². The maximum Gasteiger partial charge on any atom is 0.274 e. The molecule has 144 valence electrons. The Bertz CT molecular complexity index is 1130. The maximum atomic E-state index is 14.9. The standard InChI is InChI=1S/C22H15F2N3O2/c23-15-10-14(7-6-13-4-2-1-3-5-13)11-16(24)18(15)19-17(12-28)27-21(25-19)26-20(29)22(27)8-9-22/h1-5,10-11,17,28H,8-9,12H2. The minimum atomic E-state index is -0.822. The van der Waals surface area contributed by atoms with E-state index in [1.54, 1.807) is 17.0 Å². The first-order chi connectivity index (χ1) is 14.0. The van der Waals surface area contributed by atoms with Crippen LogP contribution in [0.2, 0.25) is 0 Å². The second-order valence-corrected chi connectivity index (χ2v) is 7.24. The number of benzene rings is 2. The van der Waals surface area contributed by atoms with E-state index < -0.39 is 29.8 Å². The molecule has 7 heteroatoms. The lowest BCUT2D eigenvalue weighted by molar-refractivity contribution is -0.121. The summed E-state index contributed by atoms with van der Waals surface area (Å²) >= 11 is 0. The number of guanidine groups is 1. The van der Waals surface area contributed by atoms with Crippen LogP contribution in [0.3, 0.4) is 0 Å². The first kappa shape index (κ1) is 17.7. The van der Waals surface area contributed by atoms with Crippen molar-refractivity contribution in [3.8, 4) is 11.8 Å². The summed E-state index contributed by atoms with van der Waals surface area (Å²) in [6.45, 7) is -0.429. The number of carbonyl (C=O) groups is 1. The van der Waals surface area contributed by atoms with E-state index in [1.165, 1.54) is 0 Å². The highest BCUT2D eigenvalue weighted by atomic mass is 19.1. The molecule has 2 aromatic rings. The Kier molecular flexibility index (Phi) is 3.86. The van der Waals surface area contributed by atoms with Crippen LogP contribution in [0, 0.1) is 23.5 Å². The van der Waals surface area contributed by atoms with Crippen molar-refractivity contribution in [1.82, 2.24) is 4.90 Å². The lowest BCUT2D eigenvalue weighted by Crippen LogP contribution is -2.48. The van der Waals surface area contributed by atoms with Crippen molar-refractivity contribution < 1.29 is 18.7 Å². The van der Waals surface area contributed by atoms with Crippen LogP contribution in [0.25, 0.3) is 0 Å². The zero-order valence-electron chi connectivity index (χ0n) is 15.2. The Morgan fingerprint density at radius 1 is 1.07 bits per heavy atom. The fourth-order valence-electron chi connectivity index (χ4n) is 3.88. The number of nitrogens with zero attached hydrogens (tertiary/aromatic N) is 3. The SMILES string of the molecule is O=C1N=C2N=C(c3c(F)cc(C#Cc4ccccc4)cc3F)C(CO)N2C12CC2. The first-order valence-corrected chi connectivity index (χ1v) is 9.22. The second-order valence-electron chi connectivity index (χ2n) is 7.24. The molecule has 0 aromatic heterocycles. The molecule has 1 aliphatic carbocycles. The number of aliphatic imine (C=N–C) groups is 2. The van der Waals surface area contributed by atoms with Crippen LogP contribution >= 0.6 is 0 Å². The van der Waals surface area contributed by atoms with Crippen molar-refractivity contribution in [1.29, 1.82) is 0 Å². The Morgan fingerprint density at radius 2 is 1.72 bits per heavy atom. The molecule has 0 saturated heterocycles. The molecule has 0 bridgehead atoms. The van der Waals surface area contributed by atoms with Crippen LogP contribution in [0.5, 0.6) is 0 Å². The third-order valence-corrected chi connectivity index (χ3v) is 5.44. The summed E-state index contributed by atoms with van der Waals surface area (Å²) in [7, 11) is 0. The van der Waals surface area contributed by atoms with Crippen molar-refractivity contribution in [3.05, 3.63) is 70.8 Å². The molecule has 1 amide bonds. The summed E-state index contributed by atoms with van der Waals surface area (Å²) in [5.74, 6) is 3.79. The van der Waals surface area contributed by atoms with E-state index in [4.69, 9.17) is 0 Å². The molecule has 29 heavy (non-hydrogen) atoms. The van der Waals surface area contributed by atoms with Gasteiger partial charge in [0.25, 0.3) is 5.91 Å². The number of hydrogen-bond donors (Lipinski definition) is 1. The number of aliphatic hydroxyl groups is 1. The van der Waals surface area contributed by atoms with E-state index in [9.17, 15) is 18.7 Å². The van der Waals surface area contributed by atoms with E-state index in [0.29, 0.717) is 12.8 Å². The van der Waals surface area contributed by atoms with E-state index in [-0.39, 0.29) is 28.7 Å². The lowest BCUT2D eigenvalue weighted by atomic mass is 9.99. The van der Waals surface area contributed by atoms with Gasteiger partial charge >= 0.3 is 0 Å². The molecule has 5 rings (SSSR count). The van der Waals surface area contributed by atoms with E-state index in [2.05, 4.69) is 21.8 Å². The number of fused-ring (bicyclic) bond motifs is 2. The van der Waals surface area contributed by atoms with E-state index in [0.717, 1.165) is 17.7 Å². The van der Waals surface area contributed by atoms with Gasteiger partial charge in [0.1, 0.15) is 17.2 Å². The van der Waals surface area contributed by atoms with Gasteiger partial charge in [0.15, 0.2) is 0 Å². The summed E-state index contributed by atoms with van der Waals surface area (Å²) in [5, 5.41) is 9.88. The molecular formula is C22H15F2N3O2. The molecule has 1 N–H and O–H groups in total. The molecule has 1 spiro atoms. The summed E-state index contributed by atoms with van der Waals surface area (Å²) in [4.78, 5) is 21.8. The van der Waals surface area contributed by atoms with Crippen LogP contribution in [-0.4, -0.2) is 45.8 Å². The monoisotopic (exact) mass is 391 g/mol. The van der Waals surface area contributed by atoms with Gasteiger partial charge in [-0.2, -0.15) is 4.99 Å². The fraction of sp³-hybridized carbons (Fsp3) is 0.227. The molecule has 0 radical (unpaired) electrons. The van der Waals surface area contributed by atoms with E-state index in [1.807, 2.05) is 18.2 Å². The number of rotatable bonds is 2. The summed E-state index contributed by atoms with van der Waals surface area (Å²) in [6.07, 6.45) is 1.19. The van der Waals surface area contributed by atoms with Gasteiger partial charge in [0, 0.05) is 11.1 Å². The summed E-state index contributed by atoms with van der Waals surface area (Å²) in [6, 6.07) is 10.6. The molecule has 3 aliphatic rings.